The quantitative estimate of drug-likeness (QED) is 0.362. The van der Waals surface area contributed by atoms with E-state index in [0.717, 1.165) is 0 Å². The lowest BCUT2D eigenvalue weighted by atomic mass is 10.1. The molecule has 0 radical (unpaired) electrons. The molecule has 0 aliphatic heterocycles. The fourth-order valence-corrected chi connectivity index (χ4v) is 1.93. The Morgan fingerprint density at radius 1 is 1.05 bits per heavy atom. The Bertz CT molecular complexity index is 687. The van der Waals surface area contributed by atoms with Crippen LogP contribution in [-0.4, -0.2) is 17.9 Å². The highest BCUT2D eigenvalue weighted by Crippen LogP contribution is 2.33. The van der Waals surface area contributed by atoms with Gasteiger partial charge in [0.1, 0.15) is 19.2 Å². The van der Waals surface area contributed by atoms with Crippen molar-refractivity contribution in [3.63, 3.8) is 0 Å². The van der Waals surface area contributed by atoms with E-state index in [1.807, 2.05) is 19.6 Å². The smallest absolute Gasteiger partial charge is 0.258 e. The van der Waals surface area contributed by atoms with Crippen LogP contribution in [-0.2, 0) is 0 Å². The number of hydrogen-bond donors (Lipinski definition) is 0. The molecule has 0 aliphatic carbocycles. The molecule has 20 heavy (non-hydrogen) atoms. The van der Waals surface area contributed by atoms with E-state index in [0.29, 0.717) is 0 Å². The minimum atomic E-state index is -1.76. The summed E-state index contributed by atoms with van der Waals surface area (Å²) in [5.74, 6) is 4.76. The van der Waals surface area contributed by atoms with Crippen LogP contribution in [0.2, 0.25) is 19.6 Å². The van der Waals surface area contributed by atoms with Crippen molar-refractivity contribution in [3.05, 3.63) is 43.5 Å². The van der Waals surface area contributed by atoms with Crippen LogP contribution in [0, 0.1) is 44.0 Å². The molecule has 0 saturated heterocycles. The lowest BCUT2D eigenvalue weighted by Crippen LogP contribution is -2.16. The third-order valence-corrected chi connectivity index (χ3v) is 3.12. The van der Waals surface area contributed by atoms with Crippen molar-refractivity contribution >= 4 is 19.4 Å². The fourth-order valence-electron chi connectivity index (χ4n) is 1.42. The van der Waals surface area contributed by atoms with Gasteiger partial charge in [-0.15, -0.1) is 12.0 Å². The van der Waals surface area contributed by atoms with Gasteiger partial charge in [0.25, 0.3) is 0 Å². The van der Waals surface area contributed by atoms with Gasteiger partial charge in [0.2, 0.25) is 0 Å². The van der Waals surface area contributed by atoms with E-state index in [4.69, 9.17) is 6.42 Å². The first-order valence-corrected chi connectivity index (χ1v) is 9.13. The van der Waals surface area contributed by atoms with Crippen molar-refractivity contribution in [2.45, 2.75) is 19.6 Å². The number of nitro groups is 2. The van der Waals surface area contributed by atoms with Gasteiger partial charge < -0.3 is 0 Å². The van der Waals surface area contributed by atoms with Gasteiger partial charge in [-0.3, -0.25) is 20.2 Å². The summed E-state index contributed by atoms with van der Waals surface area (Å²) in [6.07, 6.45) is 5.14. The normalized spacial score (nSPS) is 10.1. The second kappa shape index (κ2) is 5.55. The molecule has 0 N–H and O–H groups in total. The first kappa shape index (κ1) is 15.4. The highest BCUT2D eigenvalue weighted by Gasteiger charge is 2.31. The maximum Gasteiger partial charge on any atom is 0.362 e. The first-order valence-electron chi connectivity index (χ1n) is 5.63. The Morgan fingerprint density at radius 2 is 1.50 bits per heavy atom. The van der Waals surface area contributed by atoms with Crippen LogP contribution in [0.4, 0.5) is 11.4 Å². The van der Waals surface area contributed by atoms with Crippen LogP contribution < -0.4 is 0 Å². The molecule has 0 atom stereocenters. The van der Waals surface area contributed by atoms with E-state index in [9.17, 15) is 20.2 Å². The maximum atomic E-state index is 11.1. The van der Waals surface area contributed by atoms with Crippen molar-refractivity contribution < 1.29 is 9.85 Å². The second-order valence-corrected chi connectivity index (χ2v) is 9.77. The molecule has 1 aromatic rings. The van der Waals surface area contributed by atoms with E-state index >= 15 is 0 Å². The summed E-state index contributed by atoms with van der Waals surface area (Å²) in [5, 5.41) is 22.1. The average Bonchev–Trinajstić information content (AvgIpc) is 2.33. The number of terminal acetylenes is 1. The summed E-state index contributed by atoms with van der Waals surface area (Å²) in [7, 11) is -1.76. The lowest BCUT2D eigenvalue weighted by molar-refractivity contribution is -0.422. The Kier molecular flexibility index (Phi) is 4.28. The zero-order valence-corrected chi connectivity index (χ0v) is 12.3. The number of nitro benzene ring substituents is 2. The van der Waals surface area contributed by atoms with Crippen LogP contribution in [0.5, 0.6) is 0 Å². The minimum Gasteiger partial charge on any atom is -0.258 e. The monoisotopic (exact) mass is 288 g/mol. The van der Waals surface area contributed by atoms with E-state index in [1.165, 1.54) is 12.1 Å². The molecule has 1 aromatic carbocycles. The predicted molar refractivity (Wildman–Crippen MR) is 77.9 cm³/mol. The number of benzene rings is 1. The zero-order chi connectivity index (χ0) is 15.5. The molecular formula is C13H12N2O4Si. The minimum absolute atomic E-state index is 0.0168. The Labute approximate surface area is 117 Å². The third kappa shape index (κ3) is 3.43. The van der Waals surface area contributed by atoms with Crippen molar-refractivity contribution in [3.8, 4) is 23.8 Å². The molecular weight excluding hydrogens is 276 g/mol. The SMILES string of the molecule is C#Cc1ccc(C#C[Si](C)(C)C)c([N+](=O)[O-])c1[N+](=O)[O-]. The van der Waals surface area contributed by atoms with Gasteiger partial charge in [-0.25, -0.2) is 0 Å². The first-order chi connectivity index (χ1) is 9.17. The molecule has 7 heteroatoms. The number of rotatable bonds is 2. The van der Waals surface area contributed by atoms with Gasteiger partial charge in [0, 0.05) is 0 Å². The number of nitrogens with zero attached hydrogens (tertiary/aromatic N) is 2. The molecule has 0 spiro atoms. The van der Waals surface area contributed by atoms with Gasteiger partial charge >= 0.3 is 11.4 Å². The zero-order valence-electron chi connectivity index (χ0n) is 11.3. The highest BCUT2D eigenvalue weighted by atomic mass is 28.3. The molecule has 0 unspecified atom stereocenters. The van der Waals surface area contributed by atoms with E-state index in [1.54, 1.807) is 0 Å². The van der Waals surface area contributed by atoms with Crippen molar-refractivity contribution in [1.29, 1.82) is 0 Å². The van der Waals surface area contributed by atoms with E-state index in [-0.39, 0.29) is 11.1 Å². The summed E-state index contributed by atoms with van der Waals surface area (Å²) in [4.78, 5) is 20.5. The van der Waals surface area contributed by atoms with Crippen LogP contribution in [0.15, 0.2) is 12.1 Å². The molecule has 102 valence electrons. The second-order valence-electron chi connectivity index (χ2n) is 5.02. The van der Waals surface area contributed by atoms with Crippen molar-refractivity contribution in [2.75, 3.05) is 0 Å². The van der Waals surface area contributed by atoms with Gasteiger partial charge in [-0.1, -0.05) is 31.5 Å². The largest absolute Gasteiger partial charge is 0.362 e. The number of hydrogen-bond acceptors (Lipinski definition) is 4. The Balaban J connectivity index is 3.68. The van der Waals surface area contributed by atoms with Crippen LogP contribution >= 0.6 is 0 Å². The topological polar surface area (TPSA) is 86.3 Å². The summed E-state index contributed by atoms with van der Waals surface area (Å²) < 4.78 is 0. The standard InChI is InChI=1S/C13H12N2O4Si/c1-5-10-6-7-11(8-9-20(2,3)4)13(15(18)19)12(10)14(16)17/h1,6-7H,2-4H3. The molecule has 0 fully saturated rings. The van der Waals surface area contributed by atoms with E-state index in [2.05, 4.69) is 17.4 Å². The van der Waals surface area contributed by atoms with Gasteiger partial charge in [-0.05, 0) is 12.1 Å². The molecule has 0 bridgehead atoms. The molecule has 0 aliphatic rings. The summed E-state index contributed by atoms with van der Waals surface area (Å²) in [5.41, 5.74) is 1.52. The predicted octanol–water partition coefficient (Wildman–Crippen LogP) is 2.71. The van der Waals surface area contributed by atoms with Crippen LogP contribution in [0.3, 0.4) is 0 Å². The molecule has 1 rings (SSSR count). The van der Waals surface area contributed by atoms with E-state index < -0.39 is 29.3 Å². The van der Waals surface area contributed by atoms with Crippen molar-refractivity contribution in [2.24, 2.45) is 0 Å². The van der Waals surface area contributed by atoms with Crippen LogP contribution in [0.1, 0.15) is 11.1 Å². The molecule has 0 heterocycles. The Hall–Kier alpha value is -2.64. The summed E-state index contributed by atoms with van der Waals surface area (Å²) in [6.45, 7) is 5.90. The van der Waals surface area contributed by atoms with Gasteiger partial charge in [0.05, 0.1) is 9.85 Å². The molecule has 0 amide bonds. The average molecular weight is 288 g/mol. The molecule has 0 saturated carbocycles. The lowest BCUT2D eigenvalue weighted by Gasteiger charge is -2.04. The molecule has 6 nitrogen and oxygen atoms in total. The molecule has 0 aromatic heterocycles. The fraction of sp³-hybridized carbons (Fsp3) is 0.231. The summed E-state index contributed by atoms with van der Waals surface area (Å²) >= 11 is 0. The van der Waals surface area contributed by atoms with Gasteiger partial charge in [-0.2, -0.15) is 0 Å². The third-order valence-electron chi connectivity index (χ3n) is 2.24. The maximum absolute atomic E-state index is 11.1. The Morgan fingerprint density at radius 3 is 1.90 bits per heavy atom. The van der Waals surface area contributed by atoms with Gasteiger partial charge in [0.15, 0.2) is 0 Å². The van der Waals surface area contributed by atoms with Crippen LogP contribution in [0.25, 0.3) is 0 Å². The van der Waals surface area contributed by atoms with Crippen molar-refractivity contribution in [1.82, 2.24) is 0 Å². The highest BCUT2D eigenvalue weighted by molar-refractivity contribution is 6.83. The summed E-state index contributed by atoms with van der Waals surface area (Å²) in [6, 6.07) is 2.66.